The van der Waals surface area contributed by atoms with Crippen LogP contribution < -0.4 is 5.73 Å². The van der Waals surface area contributed by atoms with Crippen LogP contribution in [-0.4, -0.2) is 0 Å². The first-order valence-electron chi connectivity index (χ1n) is 8.19. The van der Waals surface area contributed by atoms with E-state index in [1.165, 1.54) is 25.7 Å². The highest BCUT2D eigenvalue weighted by molar-refractivity contribution is 5.77. The van der Waals surface area contributed by atoms with Gasteiger partial charge in [0.05, 0.1) is 6.04 Å². The number of nitrogens with two attached hydrogens (primary N) is 1. The smallest absolute Gasteiger partial charge is 0.134 e. The predicted molar refractivity (Wildman–Crippen MR) is 88.0 cm³/mol. The van der Waals surface area contributed by atoms with Crippen molar-refractivity contribution in [2.45, 2.75) is 52.5 Å². The molecule has 0 radical (unpaired) electrons. The van der Waals surface area contributed by atoms with Gasteiger partial charge in [-0.15, -0.1) is 0 Å². The van der Waals surface area contributed by atoms with Gasteiger partial charge in [-0.2, -0.15) is 0 Å². The number of benzene rings is 1. The molecule has 1 aromatic heterocycles. The molecule has 1 fully saturated rings. The molecule has 1 atom stereocenters. The van der Waals surface area contributed by atoms with Crippen molar-refractivity contribution in [2.75, 3.05) is 0 Å². The summed E-state index contributed by atoms with van der Waals surface area (Å²) < 4.78 is 5.95. The molecule has 21 heavy (non-hydrogen) atoms. The molecule has 0 spiro atoms. The molecule has 2 nitrogen and oxygen atoms in total. The Bertz CT molecular complexity index is 566. The normalized spacial score (nSPS) is 25.1. The summed E-state index contributed by atoms with van der Waals surface area (Å²) in [7, 11) is 0. The molecule has 0 bridgehead atoms. The highest BCUT2D eigenvalue weighted by Crippen LogP contribution is 2.43. The van der Waals surface area contributed by atoms with Crippen LogP contribution in [0.3, 0.4) is 0 Å². The van der Waals surface area contributed by atoms with Crippen molar-refractivity contribution in [3.05, 3.63) is 36.1 Å². The Morgan fingerprint density at radius 3 is 2.38 bits per heavy atom. The molecule has 2 N–H and O–H groups in total. The molecule has 0 amide bonds. The van der Waals surface area contributed by atoms with E-state index in [1.54, 1.807) is 0 Å². The lowest BCUT2D eigenvalue weighted by Gasteiger charge is -2.38. The van der Waals surface area contributed by atoms with Gasteiger partial charge in [-0.25, -0.2) is 0 Å². The monoisotopic (exact) mass is 285 g/mol. The first-order chi connectivity index (χ1) is 9.95. The second-order valence-electron chi connectivity index (χ2n) is 7.69. The molecule has 2 heteroatoms. The molecule has 1 heterocycles. The zero-order valence-corrected chi connectivity index (χ0v) is 13.4. The molecule has 0 saturated heterocycles. The van der Waals surface area contributed by atoms with Crippen LogP contribution in [0.4, 0.5) is 0 Å². The summed E-state index contributed by atoms with van der Waals surface area (Å²) >= 11 is 0. The second kappa shape index (κ2) is 5.49. The van der Waals surface area contributed by atoms with E-state index >= 15 is 0 Å². The third-order valence-electron chi connectivity index (χ3n) is 5.28. The molecule has 114 valence electrons. The minimum Gasteiger partial charge on any atom is -0.459 e. The number of rotatable bonds is 2. The van der Waals surface area contributed by atoms with Crippen LogP contribution in [0.1, 0.15) is 58.3 Å². The molecule has 1 unspecified atom stereocenters. The fraction of sp³-hybridized carbons (Fsp3) is 0.579. The molecular formula is C19H27NO. The van der Waals surface area contributed by atoms with E-state index < -0.39 is 0 Å². The van der Waals surface area contributed by atoms with Crippen LogP contribution in [0.2, 0.25) is 0 Å². The van der Waals surface area contributed by atoms with Crippen LogP contribution in [0.15, 0.2) is 34.7 Å². The molecule has 2 aromatic rings. The van der Waals surface area contributed by atoms with E-state index in [1.807, 2.05) is 18.2 Å². The number of hydrogen-bond donors (Lipinski definition) is 1. The Kier molecular flexibility index (Phi) is 3.83. The summed E-state index contributed by atoms with van der Waals surface area (Å²) in [5.41, 5.74) is 7.87. The van der Waals surface area contributed by atoms with Crippen LogP contribution in [0.25, 0.3) is 11.0 Å². The zero-order chi connectivity index (χ0) is 15.0. The van der Waals surface area contributed by atoms with E-state index in [0.717, 1.165) is 22.6 Å². The molecule has 3 rings (SSSR count). The maximum Gasteiger partial charge on any atom is 0.134 e. The van der Waals surface area contributed by atoms with Gasteiger partial charge in [-0.1, -0.05) is 39.0 Å². The second-order valence-corrected chi connectivity index (χ2v) is 7.69. The number of para-hydroxylation sites is 1. The standard InChI is InChI=1S/C19H27NO/c1-19(2,3)15-10-8-13(9-11-15)18(20)17-12-14-6-4-5-7-16(14)21-17/h4-7,12-13,15,18H,8-11,20H2,1-3H3. The van der Waals surface area contributed by atoms with Gasteiger partial charge in [0.2, 0.25) is 0 Å². The van der Waals surface area contributed by atoms with Crippen LogP contribution >= 0.6 is 0 Å². The van der Waals surface area contributed by atoms with Crippen molar-refractivity contribution in [1.29, 1.82) is 0 Å². The van der Waals surface area contributed by atoms with Crippen LogP contribution in [0.5, 0.6) is 0 Å². The number of hydrogen-bond acceptors (Lipinski definition) is 2. The molecule has 1 aliphatic rings. The third-order valence-corrected chi connectivity index (χ3v) is 5.28. The van der Waals surface area contributed by atoms with Gasteiger partial charge >= 0.3 is 0 Å². The Labute approximate surface area is 127 Å². The Balaban J connectivity index is 1.70. The average Bonchev–Trinajstić information content (AvgIpc) is 2.89. The van der Waals surface area contributed by atoms with Gasteiger partial charge in [0.15, 0.2) is 0 Å². The lowest BCUT2D eigenvalue weighted by Crippen LogP contribution is -2.30. The van der Waals surface area contributed by atoms with Gasteiger partial charge in [0.25, 0.3) is 0 Å². The number of furan rings is 1. The minimum absolute atomic E-state index is 0.0401. The lowest BCUT2D eigenvalue weighted by atomic mass is 9.68. The van der Waals surface area contributed by atoms with Crippen LogP contribution in [-0.2, 0) is 0 Å². The fourth-order valence-electron chi connectivity index (χ4n) is 3.74. The van der Waals surface area contributed by atoms with Crippen molar-refractivity contribution in [3.8, 4) is 0 Å². The fourth-order valence-corrected chi connectivity index (χ4v) is 3.74. The van der Waals surface area contributed by atoms with Gasteiger partial charge in [0.1, 0.15) is 11.3 Å². The van der Waals surface area contributed by atoms with Gasteiger partial charge in [-0.05, 0) is 55.1 Å². The summed E-state index contributed by atoms with van der Waals surface area (Å²) in [5, 5.41) is 1.16. The molecular weight excluding hydrogens is 258 g/mol. The maximum absolute atomic E-state index is 6.49. The maximum atomic E-state index is 6.49. The average molecular weight is 285 g/mol. The molecule has 1 aromatic carbocycles. The zero-order valence-electron chi connectivity index (χ0n) is 13.4. The molecule has 1 aliphatic carbocycles. The van der Waals surface area contributed by atoms with Gasteiger partial charge in [-0.3, -0.25) is 0 Å². The van der Waals surface area contributed by atoms with E-state index in [0.29, 0.717) is 11.3 Å². The van der Waals surface area contributed by atoms with E-state index in [2.05, 4.69) is 32.9 Å². The molecule has 1 saturated carbocycles. The molecule has 0 aliphatic heterocycles. The first-order valence-corrected chi connectivity index (χ1v) is 8.19. The summed E-state index contributed by atoms with van der Waals surface area (Å²) in [6.45, 7) is 7.07. The van der Waals surface area contributed by atoms with E-state index in [4.69, 9.17) is 10.2 Å². The lowest BCUT2D eigenvalue weighted by molar-refractivity contribution is 0.136. The van der Waals surface area contributed by atoms with Crippen molar-refractivity contribution >= 4 is 11.0 Å². The predicted octanol–water partition coefficient (Wildman–Crippen LogP) is 5.29. The van der Waals surface area contributed by atoms with Gasteiger partial charge < -0.3 is 10.2 Å². The SMILES string of the molecule is CC(C)(C)C1CCC(C(N)c2cc3ccccc3o2)CC1. The topological polar surface area (TPSA) is 39.2 Å². The number of fused-ring (bicyclic) bond motifs is 1. The summed E-state index contributed by atoms with van der Waals surface area (Å²) in [6.07, 6.45) is 5.03. The highest BCUT2D eigenvalue weighted by atomic mass is 16.3. The Morgan fingerprint density at radius 1 is 1.10 bits per heavy atom. The van der Waals surface area contributed by atoms with E-state index in [9.17, 15) is 0 Å². The highest BCUT2D eigenvalue weighted by Gasteiger charge is 2.33. The van der Waals surface area contributed by atoms with Crippen molar-refractivity contribution in [1.82, 2.24) is 0 Å². The van der Waals surface area contributed by atoms with Gasteiger partial charge in [0, 0.05) is 5.39 Å². The quantitative estimate of drug-likeness (QED) is 0.814. The van der Waals surface area contributed by atoms with Crippen molar-refractivity contribution in [2.24, 2.45) is 23.0 Å². The van der Waals surface area contributed by atoms with Crippen LogP contribution in [0, 0.1) is 17.3 Å². The summed E-state index contributed by atoms with van der Waals surface area (Å²) in [5.74, 6) is 2.34. The largest absolute Gasteiger partial charge is 0.459 e. The summed E-state index contributed by atoms with van der Waals surface area (Å²) in [6, 6.07) is 10.3. The first kappa shape index (κ1) is 14.6. The van der Waals surface area contributed by atoms with Crippen molar-refractivity contribution in [3.63, 3.8) is 0 Å². The van der Waals surface area contributed by atoms with E-state index in [-0.39, 0.29) is 6.04 Å². The Morgan fingerprint density at radius 2 is 1.76 bits per heavy atom. The van der Waals surface area contributed by atoms with Crippen molar-refractivity contribution < 1.29 is 4.42 Å². The summed E-state index contributed by atoms with van der Waals surface area (Å²) in [4.78, 5) is 0. The minimum atomic E-state index is 0.0401. The third kappa shape index (κ3) is 3.01. The Hall–Kier alpha value is -1.28.